The van der Waals surface area contributed by atoms with E-state index in [9.17, 15) is 0 Å². The van der Waals surface area contributed by atoms with Crippen molar-refractivity contribution < 1.29 is 0 Å². The summed E-state index contributed by atoms with van der Waals surface area (Å²) in [6.45, 7) is 4.40. The first-order chi connectivity index (χ1) is 27.3. The highest BCUT2D eigenvalue weighted by molar-refractivity contribution is 6.13. The monoisotopic (exact) mass is 704 g/mol. The van der Waals surface area contributed by atoms with Crippen LogP contribution in [0.1, 0.15) is 38.9 Å². The van der Waals surface area contributed by atoms with Crippen LogP contribution < -0.4 is 4.90 Å². The molecule has 0 saturated carbocycles. The fraction of sp³-hybridized carbons (Fsp3) is 0.0392. The fourth-order valence-corrected chi connectivity index (χ4v) is 8.74. The molecular formula is C51H36N4. The number of hydrogen-bond donors (Lipinski definition) is 0. The molecule has 4 heteroatoms. The highest BCUT2D eigenvalue weighted by Gasteiger charge is 2.52. The first-order valence-electron chi connectivity index (χ1n) is 18.7. The summed E-state index contributed by atoms with van der Waals surface area (Å²) < 4.78 is 0. The molecular weight excluding hydrogens is 669 g/mol. The smallest absolute Gasteiger partial charge is 0.161 e. The van der Waals surface area contributed by atoms with Gasteiger partial charge in [-0.1, -0.05) is 164 Å². The second-order valence-corrected chi connectivity index (χ2v) is 14.0. The number of nitrogens with zero attached hydrogens (tertiary/aromatic N) is 4. The van der Waals surface area contributed by atoms with Crippen molar-refractivity contribution in [2.75, 3.05) is 4.90 Å². The molecule has 0 N–H and O–H groups in total. The Balaban J connectivity index is 1.28. The van der Waals surface area contributed by atoms with Gasteiger partial charge in [-0.25, -0.2) is 9.98 Å². The van der Waals surface area contributed by atoms with Crippen LogP contribution in [0.4, 0.5) is 17.1 Å². The van der Waals surface area contributed by atoms with Gasteiger partial charge in [-0.15, -0.1) is 0 Å². The van der Waals surface area contributed by atoms with Crippen LogP contribution in [0.2, 0.25) is 0 Å². The number of fused-ring (bicyclic) bond motifs is 11. The molecule has 260 valence electrons. The summed E-state index contributed by atoms with van der Waals surface area (Å²) in [4.78, 5) is 17.2. The molecule has 0 fully saturated rings. The minimum absolute atomic E-state index is 0.476. The molecule has 1 spiro atoms. The molecule has 0 bridgehead atoms. The predicted octanol–water partition coefficient (Wildman–Crippen LogP) is 12.1. The standard InChI is InChI=1S/C51H36N4/c1-52-49(37-20-7-3-8-21-37)54-50(53-34-35-17-5-2-6-18-35)38-30-31-41-42-32-29-36-19-11-12-24-40(36)48(42)51(45(41)33-38)43-25-13-15-27-46(43)55(39-22-9-4-10-23-39)47-28-16-14-26-44(47)51/h2-33H,1,34H2. The van der Waals surface area contributed by atoms with E-state index in [1.54, 1.807) is 0 Å². The van der Waals surface area contributed by atoms with Crippen molar-refractivity contribution in [1.29, 1.82) is 0 Å². The van der Waals surface area contributed by atoms with Gasteiger partial charge in [-0.3, -0.25) is 4.99 Å². The maximum atomic E-state index is 5.21. The van der Waals surface area contributed by atoms with E-state index >= 15 is 0 Å². The Morgan fingerprint density at radius 3 is 1.82 bits per heavy atom. The van der Waals surface area contributed by atoms with Crippen molar-refractivity contribution in [3.63, 3.8) is 0 Å². The van der Waals surface area contributed by atoms with E-state index < -0.39 is 5.41 Å². The average Bonchev–Trinajstić information content (AvgIpc) is 3.55. The van der Waals surface area contributed by atoms with E-state index in [1.807, 2.05) is 48.5 Å². The van der Waals surface area contributed by atoms with Gasteiger partial charge in [-0.05, 0) is 86.8 Å². The summed E-state index contributed by atoms with van der Waals surface area (Å²) in [6.07, 6.45) is 0. The number of amidine groups is 2. The summed E-state index contributed by atoms with van der Waals surface area (Å²) in [5, 5.41) is 2.46. The predicted molar refractivity (Wildman–Crippen MR) is 229 cm³/mol. The van der Waals surface area contributed by atoms with Crippen LogP contribution in [0.3, 0.4) is 0 Å². The van der Waals surface area contributed by atoms with E-state index in [1.165, 1.54) is 44.2 Å². The maximum Gasteiger partial charge on any atom is 0.161 e. The molecule has 2 aliphatic rings. The Bertz CT molecular complexity index is 2760. The molecule has 0 amide bonds. The topological polar surface area (TPSA) is 40.3 Å². The Morgan fingerprint density at radius 2 is 1.11 bits per heavy atom. The largest absolute Gasteiger partial charge is 0.310 e. The summed E-state index contributed by atoms with van der Waals surface area (Å²) in [5.74, 6) is 1.14. The first kappa shape index (κ1) is 32.5. The van der Waals surface area contributed by atoms with E-state index in [4.69, 9.17) is 9.98 Å². The van der Waals surface area contributed by atoms with Gasteiger partial charge in [0.25, 0.3) is 0 Å². The van der Waals surface area contributed by atoms with Gasteiger partial charge in [-0.2, -0.15) is 0 Å². The van der Waals surface area contributed by atoms with Gasteiger partial charge in [0.1, 0.15) is 0 Å². The third-order valence-electron chi connectivity index (χ3n) is 11.0. The molecule has 1 aliphatic carbocycles. The minimum Gasteiger partial charge on any atom is -0.310 e. The van der Waals surface area contributed by atoms with Crippen LogP contribution in [-0.2, 0) is 12.0 Å². The lowest BCUT2D eigenvalue weighted by molar-refractivity contribution is 0.758. The number of aliphatic imine (C=N–C) groups is 3. The molecule has 10 rings (SSSR count). The quantitative estimate of drug-likeness (QED) is 0.130. The van der Waals surface area contributed by atoms with Crippen molar-refractivity contribution in [2.24, 2.45) is 15.0 Å². The lowest BCUT2D eigenvalue weighted by Gasteiger charge is -2.45. The zero-order valence-corrected chi connectivity index (χ0v) is 30.2. The molecule has 1 aliphatic heterocycles. The molecule has 55 heavy (non-hydrogen) atoms. The normalized spacial score (nSPS) is 13.9. The maximum absolute atomic E-state index is 5.21. The number of hydrogen-bond acceptors (Lipinski definition) is 2. The van der Waals surface area contributed by atoms with Crippen LogP contribution in [0.5, 0.6) is 0 Å². The van der Waals surface area contributed by atoms with E-state index in [0.29, 0.717) is 18.2 Å². The Hall–Kier alpha value is -7.17. The number of para-hydroxylation sites is 3. The summed E-state index contributed by atoms with van der Waals surface area (Å²) in [7, 11) is 0. The van der Waals surface area contributed by atoms with Crippen LogP contribution in [0.15, 0.2) is 209 Å². The van der Waals surface area contributed by atoms with Gasteiger partial charge >= 0.3 is 0 Å². The molecule has 0 aromatic heterocycles. The average molecular weight is 705 g/mol. The lowest BCUT2D eigenvalue weighted by atomic mass is 9.63. The Kier molecular flexibility index (Phi) is 7.88. The second-order valence-electron chi connectivity index (χ2n) is 14.0. The highest BCUT2D eigenvalue weighted by atomic mass is 15.2. The SMILES string of the molecule is C=NC(=NC(=NCc1ccccc1)c1ccc2c(c1)C1(c3ccccc3N(c3ccccc3)c3ccccc31)c1c-2ccc2ccccc12)c1ccccc1. The number of rotatable bonds is 5. The number of benzene rings is 8. The lowest BCUT2D eigenvalue weighted by Crippen LogP contribution is -2.36. The van der Waals surface area contributed by atoms with Crippen LogP contribution >= 0.6 is 0 Å². The summed E-state index contributed by atoms with van der Waals surface area (Å²) in [6, 6.07) is 69.1. The second kappa shape index (κ2) is 13.4. The molecule has 0 radical (unpaired) electrons. The van der Waals surface area contributed by atoms with Crippen LogP contribution in [0, 0.1) is 0 Å². The molecule has 8 aromatic rings. The summed E-state index contributed by atoms with van der Waals surface area (Å²) in [5.41, 5.74) is 13.1. The summed E-state index contributed by atoms with van der Waals surface area (Å²) >= 11 is 0. The van der Waals surface area contributed by atoms with Crippen molar-refractivity contribution in [1.82, 2.24) is 0 Å². The molecule has 0 atom stereocenters. The van der Waals surface area contributed by atoms with Crippen LogP contribution in [-0.4, -0.2) is 18.4 Å². The van der Waals surface area contributed by atoms with Crippen LogP contribution in [0.25, 0.3) is 21.9 Å². The highest BCUT2D eigenvalue weighted by Crippen LogP contribution is 2.64. The first-order valence-corrected chi connectivity index (χ1v) is 18.7. The van der Waals surface area contributed by atoms with Gasteiger partial charge < -0.3 is 4.90 Å². The minimum atomic E-state index is -0.646. The number of anilines is 3. The van der Waals surface area contributed by atoms with Crippen molar-refractivity contribution in [3.05, 3.63) is 233 Å². The molecule has 0 saturated heterocycles. The molecule has 1 heterocycles. The third kappa shape index (κ3) is 5.18. The molecule has 0 unspecified atom stereocenters. The van der Waals surface area contributed by atoms with Crippen molar-refractivity contribution in [2.45, 2.75) is 12.0 Å². The Morgan fingerprint density at radius 1 is 0.509 bits per heavy atom. The molecule has 4 nitrogen and oxygen atoms in total. The zero-order chi connectivity index (χ0) is 36.8. The van der Waals surface area contributed by atoms with Gasteiger partial charge in [0.15, 0.2) is 11.7 Å². The van der Waals surface area contributed by atoms with E-state index in [-0.39, 0.29) is 0 Å². The molecule has 8 aromatic carbocycles. The zero-order valence-electron chi connectivity index (χ0n) is 30.2. The fourth-order valence-electron chi connectivity index (χ4n) is 8.74. The van der Waals surface area contributed by atoms with Gasteiger partial charge in [0, 0.05) is 16.8 Å². The third-order valence-corrected chi connectivity index (χ3v) is 11.0. The van der Waals surface area contributed by atoms with E-state index in [2.05, 4.69) is 162 Å². The van der Waals surface area contributed by atoms with Gasteiger partial charge in [0.2, 0.25) is 0 Å². The van der Waals surface area contributed by atoms with Gasteiger partial charge in [0.05, 0.1) is 23.3 Å². The van der Waals surface area contributed by atoms with E-state index in [0.717, 1.165) is 33.8 Å². The van der Waals surface area contributed by atoms with Crippen molar-refractivity contribution >= 4 is 46.2 Å². The van der Waals surface area contributed by atoms with Crippen molar-refractivity contribution in [3.8, 4) is 11.1 Å². The Labute approximate surface area is 321 Å².